The van der Waals surface area contributed by atoms with Crippen LogP contribution in [0.1, 0.15) is 47.3 Å². The molecule has 106 valence electrons. The summed E-state index contributed by atoms with van der Waals surface area (Å²) in [6.45, 7) is 1.70. The Hall–Kier alpha value is -0.910. The van der Waals surface area contributed by atoms with E-state index in [2.05, 4.69) is 4.90 Å². The van der Waals surface area contributed by atoms with Gasteiger partial charge in [-0.2, -0.15) is 0 Å². The number of thiophene rings is 1. The van der Waals surface area contributed by atoms with Crippen molar-refractivity contribution in [3.8, 4) is 0 Å². The number of amides is 1. The molecule has 4 nitrogen and oxygen atoms in total. The lowest BCUT2D eigenvalue weighted by Gasteiger charge is -2.33. The van der Waals surface area contributed by atoms with Crippen LogP contribution in [0.5, 0.6) is 0 Å². The molecule has 1 fully saturated rings. The van der Waals surface area contributed by atoms with Crippen LogP contribution in [0.4, 0.5) is 0 Å². The third kappa shape index (κ3) is 4.03. The van der Waals surface area contributed by atoms with E-state index in [9.17, 15) is 9.90 Å². The number of rotatable bonds is 6. The molecule has 0 unspecified atom stereocenters. The second kappa shape index (κ2) is 7.03. The summed E-state index contributed by atoms with van der Waals surface area (Å²) in [7, 11) is 0. The van der Waals surface area contributed by atoms with E-state index in [1.165, 1.54) is 32.1 Å². The van der Waals surface area contributed by atoms with Crippen molar-refractivity contribution in [3.63, 3.8) is 0 Å². The molecule has 19 heavy (non-hydrogen) atoms. The molecule has 5 heteroatoms. The van der Waals surface area contributed by atoms with Crippen LogP contribution in [0.2, 0.25) is 0 Å². The van der Waals surface area contributed by atoms with Gasteiger partial charge in [0.25, 0.3) is 0 Å². The van der Waals surface area contributed by atoms with Crippen molar-refractivity contribution < 1.29 is 9.90 Å². The summed E-state index contributed by atoms with van der Waals surface area (Å²) in [4.78, 5) is 14.6. The quantitative estimate of drug-likeness (QED) is 0.838. The van der Waals surface area contributed by atoms with Gasteiger partial charge in [0.05, 0.1) is 12.2 Å². The molecule has 1 aromatic rings. The first-order valence-electron chi connectivity index (χ1n) is 6.93. The number of aliphatic hydroxyl groups excluding tert-OH is 1. The molecular formula is C14H22N2O2S. The zero-order chi connectivity index (χ0) is 13.7. The topological polar surface area (TPSA) is 66.6 Å². The Morgan fingerprint density at radius 1 is 1.42 bits per heavy atom. The average molecular weight is 282 g/mol. The predicted molar refractivity (Wildman–Crippen MR) is 77.2 cm³/mol. The maximum absolute atomic E-state index is 11.1. The lowest BCUT2D eigenvalue weighted by atomic mass is 9.94. The van der Waals surface area contributed by atoms with Gasteiger partial charge in [-0.05, 0) is 18.9 Å². The van der Waals surface area contributed by atoms with Gasteiger partial charge in [0.1, 0.15) is 0 Å². The first-order valence-corrected chi connectivity index (χ1v) is 7.81. The third-order valence-corrected chi connectivity index (χ3v) is 4.70. The maximum atomic E-state index is 11.1. The van der Waals surface area contributed by atoms with Crippen molar-refractivity contribution in [2.75, 3.05) is 13.2 Å². The SMILES string of the molecule is NC(=O)c1csc(CN(CCO)C2CCCCC2)c1. The van der Waals surface area contributed by atoms with Gasteiger partial charge in [-0.1, -0.05) is 19.3 Å². The Bertz CT molecular complexity index is 413. The zero-order valence-electron chi connectivity index (χ0n) is 11.2. The van der Waals surface area contributed by atoms with Crippen LogP contribution in [-0.2, 0) is 6.54 Å². The van der Waals surface area contributed by atoms with Gasteiger partial charge in [0, 0.05) is 29.4 Å². The van der Waals surface area contributed by atoms with Crippen LogP contribution in [0.25, 0.3) is 0 Å². The molecule has 0 saturated heterocycles. The van der Waals surface area contributed by atoms with Crippen molar-refractivity contribution in [2.24, 2.45) is 5.73 Å². The monoisotopic (exact) mass is 282 g/mol. The fourth-order valence-electron chi connectivity index (χ4n) is 2.76. The van der Waals surface area contributed by atoms with Gasteiger partial charge < -0.3 is 10.8 Å². The largest absolute Gasteiger partial charge is 0.395 e. The number of carbonyl (C=O) groups excluding carboxylic acids is 1. The molecule has 1 aliphatic carbocycles. The van der Waals surface area contributed by atoms with Gasteiger partial charge in [0.2, 0.25) is 5.91 Å². The fraction of sp³-hybridized carbons (Fsp3) is 0.643. The normalized spacial score (nSPS) is 16.9. The number of nitrogens with two attached hydrogens (primary N) is 1. The van der Waals surface area contributed by atoms with Gasteiger partial charge >= 0.3 is 0 Å². The second-order valence-corrected chi connectivity index (χ2v) is 6.15. The van der Waals surface area contributed by atoms with Crippen LogP contribution >= 0.6 is 11.3 Å². The van der Waals surface area contributed by atoms with Gasteiger partial charge in [-0.3, -0.25) is 9.69 Å². The van der Waals surface area contributed by atoms with Crippen molar-refractivity contribution in [1.82, 2.24) is 4.90 Å². The van der Waals surface area contributed by atoms with Crippen molar-refractivity contribution in [2.45, 2.75) is 44.7 Å². The molecule has 0 aromatic carbocycles. The first-order chi connectivity index (χ1) is 9.20. The van der Waals surface area contributed by atoms with E-state index in [1.807, 2.05) is 11.4 Å². The van der Waals surface area contributed by atoms with Crippen molar-refractivity contribution in [1.29, 1.82) is 0 Å². The minimum absolute atomic E-state index is 0.185. The van der Waals surface area contributed by atoms with E-state index in [1.54, 1.807) is 11.3 Å². The Balaban J connectivity index is 2.00. The molecule has 1 heterocycles. The predicted octanol–water partition coefficient (Wildman–Crippen LogP) is 1.97. The van der Waals surface area contributed by atoms with E-state index < -0.39 is 0 Å². The van der Waals surface area contributed by atoms with Crippen molar-refractivity contribution >= 4 is 17.2 Å². The van der Waals surface area contributed by atoms with E-state index in [0.717, 1.165) is 11.4 Å². The minimum Gasteiger partial charge on any atom is -0.395 e. The number of primary amides is 1. The summed E-state index contributed by atoms with van der Waals surface area (Å²) < 4.78 is 0. The summed E-state index contributed by atoms with van der Waals surface area (Å²) in [6, 6.07) is 2.44. The van der Waals surface area contributed by atoms with Crippen LogP contribution in [-0.4, -0.2) is 35.1 Å². The first kappa shape index (κ1) is 14.5. The summed E-state index contributed by atoms with van der Waals surface area (Å²) in [5, 5.41) is 11.0. The highest BCUT2D eigenvalue weighted by atomic mass is 32.1. The van der Waals surface area contributed by atoms with Gasteiger partial charge in [-0.25, -0.2) is 0 Å². The van der Waals surface area contributed by atoms with E-state index in [-0.39, 0.29) is 12.5 Å². The third-order valence-electron chi connectivity index (χ3n) is 3.78. The average Bonchev–Trinajstić information content (AvgIpc) is 2.88. The van der Waals surface area contributed by atoms with E-state index in [4.69, 9.17) is 5.73 Å². The Kier molecular flexibility index (Phi) is 5.36. The number of hydrogen-bond donors (Lipinski definition) is 2. The van der Waals surface area contributed by atoms with Crippen LogP contribution in [0.3, 0.4) is 0 Å². The lowest BCUT2D eigenvalue weighted by Crippen LogP contribution is -2.38. The molecule has 1 aromatic heterocycles. The van der Waals surface area contributed by atoms with E-state index in [0.29, 0.717) is 18.2 Å². The molecule has 0 bridgehead atoms. The highest BCUT2D eigenvalue weighted by Crippen LogP contribution is 2.25. The molecule has 0 spiro atoms. The molecule has 0 atom stereocenters. The highest BCUT2D eigenvalue weighted by Gasteiger charge is 2.21. The second-order valence-electron chi connectivity index (χ2n) is 5.15. The van der Waals surface area contributed by atoms with E-state index >= 15 is 0 Å². The summed E-state index contributed by atoms with van der Waals surface area (Å²) in [5.41, 5.74) is 5.86. The Morgan fingerprint density at radius 2 is 2.16 bits per heavy atom. The fourth-order valence-corrected chi connectivity index (χ4v) is 3.66. The van der Waals surface area contributed by atoms with Crippen LogP contribution in [0.15, 0.2) is 11.4 Å². The molecule has 1 saturated carbocycles. The Labute approximate surface area is 118 Å². The molecule has 0 radical (unpaired) electrons. The molecule has 1 amide bonds. The lowest BCUT2D eigenvalue weighted by molar-refractivity contribution is 0.1000. The highest BCUT2D eigenvalue weighted by molar-refractivity contribution is 7.10. The van der Waals surface area contributed by atoms with Crippen LogP contribution < -0.4 is 5.73 Å². The maximum Gasteiger partial charge on any atom is 0.249 e. The smallest absolute Gasteiger partial charge is 0.249 e. The summed E-state index contributed by atoms with van der Waals surface area (Å²) in [6.07, 6.45) is 6.32. The number of nitrogens with zero attached hydrogens (tertiary/aromatic N) is 1. The number of carbonyl (C=O) groups is 1. The molecule has 3 N–H and O–H groups in total. The molecule has 1 aliphatic rings. The van der Waals surface area contributed by atoms with Crippen LogP contribution in [0, 0.1) is 0 Å². The molecular weight excluding hydrogens is 260 g/mol. The Morgan fingerprint density at radius 3 is 2.74 bits per heavy atom. The molecule has 2 rings (SSSR count). The van der Waals surface area contributed by atoms with Crippen molar-refractivity contribution in [3.05, 3.63) is 21.9 Å². The number of hydrogen-bond acceptors (Lipinski definition) is 4. The standard InChI is InChI=1S/C14H22N2O2S/c15-14(18)11-8-13(19-10-11)9-16(6-7-17)12-4-2-1-3-5-12/h8,10,12,17H,1-7,9H2,(H2,15,18). The zero-order valence-corrected chi connectivity index (χ0v) is 12.0. The minimum atomic E-state index is -0.367. The summed E-state index contributed by atoms with van der Waals surface area (Å²) in [5.74, 6) is -0.367. The van der Waals surface area contributed by atoms with Gasteiger partial charge in [-0.15, -0.1) is 11.3 Å². The molecule has 0 aliphatic heterocycles. The number of aliphatic hydroxyl groups is 1. The summed E-state index contributed by atoms with van der Waals surface area (Å²) >= 11 is 1.57. The van der Waals surface area contributed by atoms with Gasteiger partial charge in [0.15, 0.2) is 0 Å².